The molecule has 3 aliphatic rings. The molecular formula is C26H16ClNO5. The number of Topliss-reactive ketones (excluding diaryl/α,β-unsaturated/α-hetero) is 2. The second kappa shape index (κ2) is 6.94. The van der Waals surface area contributed by atoms with Gasteiger partial charge >= 0.3 is 0 Å². The van der Waals surface area contributed by atoms with Crippen LogP contribution in [0.4, 0.5) is 5.69 Å². The minimum atomic E-state index is -2.07. The van der Waals surface area contributed by atoms with Crippen molar-refractivity contribution in [1.82, 2.24) is 0 Å². The molecule has 33 heavy (non-hydrogen) atoms. The third kappa shape index (κ3) is 2.53. The fourth-order valence-electron chi connectivity index (χ4n) is 5.33. The summed E-state index contributed by atoms with van der Waals surface area (Å²) in [6.07, 6.45) is -0.931. The van der Waals surface area contributed by atoms with E-state index in [1.165, 1.54) is 6.07 Å². The van der Waals surface area contributed by atoms with Gasteiger partial charge in [0.2, 0.25) is 29.0 Å². The number of ketones is 2. The summed E-state index contributed by atoms with van der Waals surface area (Å²) in [6, 6.07) is 21.7. The van der Waals surface area contributed by atoms with Crippen molar-refractivity contribution in [2.45, 2.75) is 11.7 Å². The van der Waals surface area contributed by atoms with E-state index in [-0.39, 0.29) is 11.1 Å². The molecule has 3 atom stereocenters. The molecule has 0 unspecified atom stereocenters. The van der Waals surface area contributed by atoms with Crippen LogP contribution < -0.4 is 4.90 Å². The maximum atomic E-state index is 13.8. The highest BCUT2D eigenvalue weighted by Gasteiger charge is 2.74. The fourth-order valence-corrected chi connectivity index (χ4v) is 5.52. The van der Waals surface area contributed by atoms with Gasteiger partial charge in [0.25, 0.3) is 0 Å². The molecule has 0 N–H and O–H groups in total. The van der Waals surface area contributed by atoms with Crippen molar-refractivity contribution in [2.24, 2.45) is 11.8 Å². The molecule has 2 aliphatic heterocycles. The Balaban J connectivity index is 1.56. The monoisotopic (exact) mass is 457 g/mol. The highest BCUT2D eigenvalue weighted by molar-refractivity contribution is 6.37. The fraction of sp³-hybridized carbons (Fsp3) is 0.154. The van der Waals surface area contributed by atoms with Gasteiger partial charge in [-0.25, -0.2) is 4.90 Å². The van der Waals surface area contributed by atoms with Gasteiger partial charge in [-0.1, -0.05) is 72.3 Å². The highest BCUT2D eigenvalue weighted by atomic mass is 35.5. The van der Waals surface area contributed by atoms with Crippen LogP contribution in [0, 0.1) is 11.8 Å². The zero-order valence-electron chi connectivity index (χ0n) is 17.1. The average molecular weight is 458 g/mol. The SMILES string of the molecule is O=C1[C@@H]2[C@H](c3ccccc3)OC3(C(=O)c4ccccc4C3=O)[C@H]2C(=O)N1c1cccc(Cl)c1. The van der Waals surface area contributed by atoms with E-state index in [1.807, 2.05) is 6.07 Å². The zero-order chi connectivity index (χ0) is 22.9. The van der Waals surface area contributed by atoms with Crippen LogP contribution in [-0.4, -0.2) is 29.0 Å². The van der Waals surface area contributed by atoms with E-state index in [0.29, 0.717) is 16.3 Å². The number of ether oxygens (including phenoxy) is 1. The normalized spacial score (nSPS) is 25.1. The van der Waals surface area contributed by atoms with Crippen LogP contribution in [-0.2, 0) is 14.3 Å². The molecule has 6 rings (SSSR count). The maximum Gasteiger partial charge on any atom is 0.241 e. The van der Waals surface area contributed by atoms with E-state index in [0.717, 1.165) is 4.90 Å². The predicted molar refractivity (Wildman–Crippen MR) is 119 cm³/mol. The lowest BCUT2D eigenvalue weighted by Crippen LogP contribution is -2.51. The first-order valence-electron chi connectivity index (χ1n) is 10.5. The third-order valence-corrected chi connectivity index (χ3v) is 6.95. The van der Waals surface area contributed by atoms with Gasteiger partial charge in [0.15, 0.2) is 0 Å². The van der Waals surface area contributed by atoms with Gasteiger partial charge in [0.05, 0.1) is 23.6 Å². The van der Waals surface area contributed by atoms with E-state index in [4.69, 9.17) is 16.3 Å². The summed E-state index contributed by atoms with van der Waals surface area (Å²) in [5.74, 6) is -4.62. The lowest BCUT2D eigenvalue weighted by atomic mass is 9.77. The van der Waals surface area contributed by atoms with Crippen molar-refractivity contribution in [2.75, 3.05) is 4.90 Å². The number of rotatable bonds is 2. The molecule has 0 aromatic heterocycles. The lowest BCUT2D eigenvalue weighted by Gasteiger charge is -2.27. The minimum Gasteiger partial charge on any atom is -0.349 e. The first kappa shape index (κ1) is 20.0. The number of nitrogens with zero attached hydrogens (tertiary/aromatic N) is 1. The Kier molecular flexibility index (Phi) is 4.21. The largest absolute Gasteiger partial charge is 0.349 e. The highest BCUT2D eigenvalue weighted by Crippen LogP contribution is 2.57. The Morgan fingerprint density at radius 3 is 2.03 bits per heavy atom. The summed E-state index contributed by atoms with van der Waals surface area (Å²) in [5, 5.41) is 0.358. The second-order valence-corrected chi connectivity index (χ2v) is 8.82. The van der Waals surface area contributed by atoms with E-state index in [1.54, 1.807) is 66.7 Å². The molecule has 0 saturated carbocycles. The molecule has 0 radical (unpaired) electrons. The molecule has 2 heterocycles. The van der Waals surface area contributed by atoms with Crippen LogP contribution in [0.2, 0.25) is 5.02 Å². The molecule has 3 aromatic rings. The average Bonchev–Trinajstić information content (AvgIpc) is 3.40. The Morgan fingerprint density at radius 1 is 0.758 bits per heavy atom. The number of carbonyl (C=O) groups is 4. The Labute approximate surface area is 193 Å². The summed E-state index contributed by atoms with van der Waals surface area (Å²) < 4.78 is 6.23. The van der Waals surface area contributed by atoms with Crippen molar-refractivity contribution < 1.29 is 23.9 Å². The number of carbonyl (C=O) groups excluding carboxylic acids is 4. The molecule has 2 fully saturated rings. The number of anilines is 1. The van der Waals surface area contributed by atoms with Crippen molar-refractivity contribution in [3.63, 3.8) is 0 Å². The number of benzene rings is 3. The second-order valence-electron chi connectivity index (χ2n) is 8.38. The van der Waals surface area contributed by atoms with Crippen molar-refractivity contribution in [3.8, 4) is 0 Å². The number of amides is 2. The molecule has 1 aliphatic carbocycles. The number of fused-ring (bicyclic) bond motifs is 3. The lowest BCUT2D eigenvalue weighted by molar-refractivity contribution is -0.127. The van der Waals surface area contributed by atoms with E-state index in [9.17, 15) is 19.2 Å². The van der Waals surface area contributed by atoms with Gasteiger partial charge < -0.3 is 4.74 Å². The topological polar surface area (TPSA) is 80.8 Å². The van der Waals surface area contributed by atoms with Crippen LogP contribution >= 0.6 is 11.6 Å². The quantitative estimate of drug-likeness (QED) is 0.428. The molecule has 6 nitrogen and oxygen atoms in total. The molecule has 2 amide bonds. The van der Waals surface area contributed by atoms with Crippen LogP contribution in [0.25, 0.3) is 0 Å². The first-order valence-corrected chi connectivity index (χ1v) is 10.9. The van der Waals surface area contributed by atoms with Gasteiger partial charge in [0, 0.05) is 16.1 Å². The summed E-state index contributed by atoms with van der Waals surface area (Å²) in [5.41, 5.74) is -0.748. The van der Waals surface area contributed by atoms with Gasteiger partial charge in [-0.15, -0.1) is 0 Å². The maximum absolute atomic E-state index is 13.8. The number of hydrogen-bond acceptors (Lipinski definition) is 5. The van der Waals surface area contributed by atoms with Crippen LogP contribution in [0.3, 0.4) is 0 Å². The molecule has 0 bridgehead atoms. The summed E-state index contributed by atoms with van der Waals surface area (Å²) >= 11 is 6.11. The molecular weight excluding hydrogens is 442 g/mol. The molecule has 3 aromatic carbocycles. The van der Waals surface area contributed by atoms with Gasteiger partial charge in [-0.05, 0) is 23.8 Å². The number of halogens is 1. The number of imide groups is 1. The summed E-state index contributed by atoms with van der Waals surface area (Å²) in [4.78, 5) is 55.8. The molecule has 162 valence electrons. The van der Waals surface area contributed by atoms with E-state index in [2.05, 4.69) is 0 Å². The van der Waals surface area contributed by atoms with Gasteiger partial charge in [0.1, 0.15) is 0 Å². The Bertz CT molecular complexity index is 1330. The summed E-state index contributed by atoms with van der Waals surface area (Å²) in [7, 11) is 0. The molecule has 7 heteroatoms. The van der Waals surface area contributed by atoms with E-state index >= 15 is 0 Å². The molecule has 2 saturated heterocycles. The smallest absolute Gasteiger partial charge is 0.241 e. The van der Waals surface area contributed by atoms with Crippen molar-refractivity contribution >= 4 is 40.7 Å². The first-order chi connectivity index (χ1) is 15.9. The molecule has 1 spiro atoms. The third-order valence-electron chi connectivity index (χ3n) is 6.71. The van der Waals surface area contributed by atoms with Crippen molar-refractivity contribution in [3.05, 3.63) is 101 Å². The minimum absolute atomic E-state index is 0.205. The van der Waals surface area contributed by atoms with E-state index < -0.39 is 46.9 Å². The van der Waals surface area contributed by atoms with Crippen molar-refractivity contribution in [1.29, 1.82) is 0 Å². The summed E-state index contributed by atoms with van der Waals surface area (Å²) in [6.45, 7) is 0. The Hall–Kier alpha value is -3.61. The van der Waals surface area contributed by atoms with Crippen LogP contribution in [0.1, 0.15) is 32.4 Å². The number of hydrogen-bond donors (Lipinski definition) is 0. The Morgan fingerprint density at radius 2 is 1.39 bits per heavy atom. The van der Waals surface area contributed by atoms with Crippen LogP contribution in [0.15, 0.2) is 78.9 Å². The van der Waals surface area contributed by atoms with Gasteiger partial charge in [-0.2, -0.15) is 0 Å². The van der Waals surface area contributed by atoms with Gasteiger partial charge in [-0.3, -0.25) is 19.2 Å². The zero-order valence-corrected chi connectivity index (χ0v) is 17.9. The van der Waals surface area contributed by atoms with Crippen LogP contribution in [0.5, 0.6) is 0 Å². The standard InChI is InChI=1S/C26H16ClNO5/c27-15-9-6-10-16(13-15)28-24(31)19-20(25(28)32)26(33-21(19)14-7-2-1-3-8-14)22(29)17-11-4-5-12-18(17)23(26)30/h1-13,19-21H/t19-,20+,21-/m0/s1. The predicted octanol–water partition coefficient (Wildman–Crippen LogP) is 4.04.